The zero-order valence-corrected chi connectivity index (χ0v) is 15.0. The molecule has 0 atom stereocenters. The number of ketones is 1. The van der Waals surface area contributed by atoms with Crippen LogP contribution in [0.15, 0.2) is 48.5 Å². The van der Waals surface area contributed by atoms with Crippen molar-refractivity contribution in [3.63, 3.8) is 0 Å². The van der Waals surface area contributed by atoms with Gasteiger partial charge in [0.1, 0.15) is 8.07 Å². The first kappa shape index (κ1) is 16.8. The van der Waals surface area contributed by atoms with Crippen molar-refractivity contribution in [2.45, 2.75) is 26.6 Å². The van der Waals surface area contributed by atoms with Crippen LogP contribution >= 0.6 is 0 Å². The van der Waals surface area contributed by atoms with Crippen molar-refractivity contribution in [2.24, 2.45) is 0 Å². The van der Waals surface area contributed by atoms with Gasteiger partial charge in [-0.2, -0.15) is 0 Å². The van der Waals surface area contributed by atoms with Gasteiger partial charge >= 0.3 is 0 Å². The molecule has 0 aliphatic carbocycles. The Hall–Kier alpha value is -2.55. The monoisotopic (exact) mass is 316 g/mol. The molecule has 0 saturated carbocycles. The van der Waals surface area contributed by atoms with Gasteiger partial charge in [0.15, 0.2) is 0 Å². The van der Waals surface area contributed by atoms with Crippen LogP contribution in [0.2, 0.25) is 19.6 Å². The van der Waals surface area contributed by atoms with Gasteiger partial charge in [0, 0.05) is 16.7 Å². The summed E-state index contributed by atoms with van der Waals surface area (Å²) in [5.74, 6) is 8.63. The Balaban J connectivity index is 2.30. The molecule has 0 aromatic heterocycles. The summed E-state index contributed by atoms with van der Waals surface area (Å²) < 4.78 is 0. The van der Waals surface area contributed by atoms with Gasteiger partial charge in [-0.15, -0.1) is 5.54 Å². The van der Waals surface area contributed by atoms with Gasteiger partial charge in [0.2, 0.25) is 5.78 Å². The lowest BCUT2D eigenvalue weighted by atomic mass is 10.0. The summed E-state index contributed by atoms with van der Waals surface area (Å²) in [7, 11) is -1.48. The van der Waals surface area contributed by atoms with E-state index in [9.17, 15) is 4.79 Å². The lowest BCUT2D eigenvalue weighted by Crippen LogP contribution is -2.16. The fourth-order valence-corrected chi connectivity index (χ4v) is 2.39. The van der Waals surface area contributed by atoms with Crippen molar-refractivity contribution in [1.82, 2.24) is 0 Å². The van der Waals surface area contributed by atoms with E-state index in [2.05, 4.69) is 42.9 Å². The lowest BCUT2D eigenvalue weighted by molar-refractivity contribution is 0.105. The van der Waals surface area contributed by atoms with Gasteiger partial charge in [0.25, 0.3) is 0 Å². The molecule has 23 heavy (non-hydrogen) atoms. The normalized spacial score (nSPS) is 10.1. The third-order valence-corrected chi connectivity index (χ3v) is 3.99. The minimum absolute atomic E-state index is 0.189. The quantitative estimate of drug-likeness (QED) is 0.431. The largest absolute Gasteiger partial charge is 0.279 e. The van der Waals surface area contributed by atoms with Crippen LogP contribution in [0.1, 0.15) is 27.0 Å². The SMILES string of the molecule is Cc1ccc(C#CC(=O)c2ccccc2C#C[Si](C)(C)C)cc1. The highest BCUT2D eigenvalue weighted by atomic mass is 28.3. The van der Waals surface area contributed by atoms with Crippen LogP contribution in [-0.4, -0.2) is 13.9 Å². The Kier molecular flexibility index (Phi) is 5.22. The average Bonchev–Trinajstić information content (AvgIpc) is 2.52. The Morgan fingerprint density at radius 3 is 2.22 bits per heavy atom. The van der Waals surface area contributed by atoms with Gasteiger partial charge < -0.3 is 0 Å². The minimum atomic E-state index is -1.48. The van der Waals surface area contributed by atoms with Crippen LogP contribution < -0.4 is 0 Å². The van der Waals surface area contributed by atoms with Crippen LogP contribution in [0.25, 0.3) is 0 Å². The van der Waals surface area contributed by atoms with Crippen LogP contribution in [0.3, 0.4) is 0 Å². The summed E-state index contributed by atoms with van der Waals surface area (Å²) in [6.45, 7) is 8.57. The van der Waals surface area contributed by atoms with Crippen LogP contribution in [0, 0.1) is 30.2 Å². The van der Waals surface area contributed by atoms with E-state index in [0.717, 1.165) is 11.1 Å². The molecule has 0 radical (unpaired) electrons. The molecule has 2 rings (SSSR count). The van der Waals surface area contributed by atoms with Crippen molar-refractivity contribution in [3.05, 3.63) is 70.8 Å². The second kappa shape index (κ2) is 7.14. The van der Waals surface area contributed by atoms with E-state index in [1.165, 1.54) is 5.56 Å². The van der Waals surface area contributed by atoms with E-state index in [1.54, 1.807) is 6.07 Å². The van der Waals surface area contributed by atoms with Crippen molar-refractivity contribution in [1.29, 1.82) is 0 Å². The topological polar surface area (TPSA) is 17.1 Å². The van der Waals surface area contributed by atoms with E-state index in [0.29, 0.717) is 5.56 Å². The minimum Gasteiger partial charge on any atom is -0.279 e. The molecule has 2 heteroatoms. The fraction of sp³-hybridized carbons (Fsp3) is 0.190. The standard InChI is InChI=1S/C21H20OSi/c1-17-9-11-18(12-10-17)13-14-21(22)20-8-6-5-7-19(20)15-16-23(2,3)4/h5-12H,1-4H3. The second-order valence-electron chi connectivity index (χ2n) is 6.49. The average molecular weight is 316 g/mol. The zero-order chi connectivity index (χ0) is 16.9. The summed E-state index contributed by atoms with van der Waals surface area (Å²) in [5.41, 5.74) is 6.66. The molecule has 0 bridgehead atoms. The molecule has 0 spiro atoms. The number of hydrogen-bond acceptors (Lipinski definition) is 1. The maximum Gasteiger partial charge on any atom is 0.237 e. The van der Waals surface area contributed by atoms with Crippen LogP contribution in [0.4, 0.5) is 0 Å². The molecule has 0 heterocycles. The van der Waals surface area contributed by atoms with E-state index in [4.69, 9.17) is 0 Å². The van der Waals surface area contributed by atoms with Crippen molar-refractivity contribution in [2.75, 3.05) is 0 Å². The van der Waals surface area contributed by atoms with Gasteiger partial charge in [-0.3, -0.25) is 4.79 Å². The number of Topliss-reactive ketones (excluding diaryl/α,β-unsaturated/α-hetero) is 1. The zero-order valence-electron chi connectivity index (χ0n) is 14.0. The third-order valence-electron chi connectivity index (χ3n) is 3.12. The number of hydrogen-bond donors (Lipinski definition) is 0. The van der Waals surface area contributed by atoms with Crippen LogP contribution in [-0.2, 0) is 0 Å². The maximum atomic E-state index is 12.4. The molecule has 2 aromatic carbocycles. The van der Waals surface area contributed by atoms with Gasteiger partial charge in [-0.1, -0.05) is 61.3 Å². The summed E-state index contributed by atoms with van der Waals surface area (Å²) in [6, 6.07) is 15.2. The molecule has 0 aliphatic rings. The highest BCUT2D eigenvalue weighted by molar-refractivity contribution is 6.83. The number of aryl methyl sites for hydroxylation is 1. The molecule has 2 aromatic rings. The summed E-state index contributed by atoms with van der Waals surface area (Å²) >= 11 is 0. The van der Waals surface area contributed by atoms with Gasteiger partial charge in [0.05, 0.1) is 0 Å². The van der Waals surface area contributed by atoms with Gasteiger partial charge in [-0.25, -0.2) is 0 Å². The first-order valence-electron chi connectivity index (χ1n) is 7.60. The summed E-state index contributed by atoms with van der Waals surface area (Å²) in [6.07, 6.45) is 0. The molecule has 0 amide bonds. The van der Waals surface area contributed by atoms with Gasteiger partial charge in [-0.05, 0) is 37.1 Å². The molecule has 0 aliphatic heterocycles. The molecule has 0 unspecified atom stereocenters. The number of carbonyl (C=O) groups is 1. The summed E-state index contributed by atoms with van der Waals surface area (Å²) in [4.78, 5) is 12.4. The highest BCUT2D eigenvalue weighted by Gasteiger charge is 2.10. The molecule has 0 saturated heterocycles. The van der Waals surface area contributed by atoms with Crippen molar-refractivity contribution < 1.29 is 4.79 Å². The molecule has 1 nitrogen and oxygen atoms in total. The highest BCUT2D eigenvalue weighted by Crippen LogP contribution is 2.09. The lowest BCUT2D eigenvalue weighted by Gasteiger charge is -2.04. The Morgan fingerprint density at radius 1 is 0.913 bits per heavy atom. The smallest absolute Gasteiger partial charge is 0.237 e. The van der Waals surface area contributed by atoms with E-state index in [1.807, 2.05) is 49.4 Å². The number of rotatable bonds is 1. The van der Waals surface area contributed by atoms with E-state index in [-0.39, 0.29) is 5.78 Å². The second-order valence-corrected chi connectivity index (χ2v) is 11.2. The Morgan fingerprint density at radius 2 is 1.57 bits per heavy atom. The van der Waals surface area contributed by atoms with E-state index < -0.39 is 8.07 Å². The molecular formula is C21H20OSi. The summed E-state index contributed by atoms with van der Waals surface area (Å²) in [5, 5.41) is 0. The third kappa shape index (κ3) is 5.29. The van der Waals surface area contributed by atoms with Crippen molar-refractivity contribution in [3.8, 4) is 23.3 Å². The van der Waals surface area contributed by atoms with E-state index >= 15 is 0 Å². The molecular weight excluding hydrogens is 296 g/mol. The predicted molar refractivity (Wildman–Crippen MR) is 99.1 cm³/mol. The Bertz CT molecular complexity index is 832. The first-order valence-corrected chi connectivity index (χ1v) is 11.1. The molecule has 0 fully saturated rings. The molecule has 0 N–H and O–H groups in total. The fourth-order valence-electron chi connectivity index (χ4n) is 1.88. The number of benzene rings is 2. The van der Waals surface area contributed by atoms with Crippen molar-refractivity contribution >= 4 is 13.9 Å². The Labute approximate surface area is 139 Å². The predicted octanol–water partition coefficient (Wildman–Crippen LogP) is 4.46. The van der Waals surface area contributed by atoms with Crippen LogP contribution in [0.5, 0.6) is 0 Å². The maximum absolute atomic E-state index is 12.4. The number of carbonyl (C=O) groups excluding carboxylic acids is 1. The first-order chi connectivity index (χ1) is 10.8. The molecule has 114 valence electrons.